The van der Waals surface area contributed by atoms with Gasteiger partial charge in [0.15, 0.2) is 0 Å². The molecule has 0 radical (unpaired) electrons. The lowest BCUT2D eigenvalue weighted by Crippen LogP contribution is -2.51. The predicted octanol–water partition coefficient (Wildman–Crippen LogP) is 2.22. The fourth-order valence-electron chi connectivity index (χ4n) is 3.58. The van der Waals surface area contributed by atoms with Crippen LogP contribution in [0.2, 0.25) is 0 Å². The Morgan fingerprint density at radius 1 is 1.00 bits per heavy atom. The van der Waals surface area contributed by atoms with Crippen LogP contribution >= 0.6 is 0 Å². The first-order valence-corrected chi connectivity index (χ1v) is 9.66. The van der Waals surface area contributed by atoms with E-state index in [0.717, 1.165) is 38.4 Å². The quantitative estimate of drug-likeness (QED) is 0.811. The van der Waals surface area contributed by atoms with E-state index in [0.29, 0.717) is 19.0 Å². The maximum Gasteiger partial charge on any atom is 0.325 e. The molecule has 6 nitrogen and oxygen atoms in total. The second kappa shape index (κ2) is 8.08. The highest BCUT2D eigenvalue weighted by Crippen LogP contribution is 2.23. The average Bonchev–Trinajstić information content (AvgIpc) is 3.02. The summed E-state index contributed by atoms with van der Waals surface area (Å²) in [7, 11) is 0. The molecular formula is C20H30N4O2. The van der Waals surface area contributed by atoms with Gasteiger partial charge in [-0.25, -0.2) is 4.79 Å². The van der Waals surface area contributed by atoms with Gasteiger partial charge in [-0.05, 0) is 30.2 Å². The zero-order chi connectivity index (χ0) is 18.7. The van der Waals surface area contributed by atoms with Gasteiger partial charge in [0.1, 0.15) is 6.54 Å². The normalized spacial score (nSPS) is 18.9. The minimum absolute atomic E-state index is 0.0612. The zero-order valence-corrected chi connectivity index (χ0v) is 16.1. The minimum atomic E-state index is -0.0668. The van der Waals surface area contributed by atoms with Gasteiger partial charge in [0.25, 0.3) is 0 Å². The van der Waals surface area contributed by atoms with Crippen LogP contribution in [0, 0.1) is 0 Å². The number of anilines is 1. The number of carbonyl (C=O) groups excluding carboxylic acids is 2. The molecular weight excluding hydrogens is 328 g/mol. The molecule has 1 aromatic rings. The number of piperazine rings is 1. The third-order valence-corrected chi connectivity index (χ3v) is 5.46. The Bertz CT molecular complexity index is 636. The monoisotopic (exact) mass is 358 g/mol. The smallest absolute Gasteiger partial charge is 0.325 e. The molecule has 2 heterocycles. The van der Waals surface area contributed by atoms with Gasteiger partial charge in [-0.15, -0.1) is 0 Å². The number of carbonyl (C=O) groups is 2. The van der Waals surface area contributed by atoms with Crippen LogP contribution in [0.15, 0.2) is 24.3 Å². The fourth-order valence-corrected chi connectivity index (χ4v) is 3.58. The van der Waals surface area contributed by atoms with Crippen molar-refractivity contribution >= 4 is 17.6 Å². The molecule has 2 fully saturated rings. The molecule has 2 saturated heterocycles. The highest BCUT2D eigenvalue weighted by Gasteiger charge is 2.32. The van der Waals surface area contributed by atoms with Gasteiger partial charge in [-0.1, -0.05) is 32.9 Å². The number of benzene rings is 1. The number of likely N-dealkylation sites (N-methyl/N-ethyl adjacent to an activating group) is 1. The molecule has 0 spiro atoms. The fraction of sp³-hybridized carbons (Fsp3) is 0.600. The van der Waals surface area contributed by atoms with Gasteiger partial charge in [0.2, 0.25) is 5.91 Å². The largest absolute Gasteiger partial charge is 0.339 e. The van der Waals surface area contributed by atoms with E-state index in [9.17, 15) is 9.59 Å². The number of hydrogen-bond acceptors (Lipinski definition) is 3. The van der Waals surface area contributed by atoms with Crippen LogP contribution in [0.4, 0.5) is 10.5 Å². The lowest BCUT2D eigenvalue weighted by atomic mass is 10.0. The molecule has 142 valence electrons. The summed E-state index contributed by atoms with van der Waals surface area (Å²) >= 11 is 0. The van der Waals surface area contributed by atoms with Crippen LogP contribution < -0.4 is 4.90 Å². The van der Waals surface area contributed by atoms with Crippen LogP contribution in [-0.2, 0) is 4.79 Å². The summed E-state index contributed by atoms with van der Waals surface area (Å²) in [5.74, 6) is 0.534. The first kappa shape index (κ1) is 18.7. The Balaban J connectivity index is 1.56. The van der Waals surface area contributed by atoms with Gasteiger partial charge < -0.3 is 14.7 Å². The van der Waals surface area contributed by atoms with Gasteiger partial charge in [0.05, 0.1) is 0 Å². The Hall–Kier alpha value is -2.08. The lowest BCUT2D eigenvalue weighted by molar-refractivity contribution is -0.133. The molecule has 0 unspecified atom stereocenters. The zero-order valence-electron chi connectivity index (χ0n) is 16.1. The van der Waals surface area contributed by atoms with Crippen LogP contribution in [0.1, 0.15) is 32.3 Å². The number of nitrogens with zero attached hydrogens (tertiary/aromatic N) is 4. The Kier molecular flexibility index (Phi) is 5.81. The third-order valence-electron chi connectivity index (χ3n) is 5.46. The summed E-state index contributed by atoms with van der Waals surface area (Å²) < 4.78 is 0. The van der Waals surface area contributed by atoms with E-state index in [2.05, 4.69) is 37.8 Å². The van der Waals surface area contributed by atoms with Crippen LogP contribution in [0.5, 0.6) is 0 Å². The van der Waals surface area contributed by atoms with Crippen molar-refractivity contribution < 1.29 is 9.59 Å². The summed E-state index contributed by atoms with van der Waals surface area (Å²) in [5.41, 5.74) is 2.17. The second-order valence-electron chi connectivity index (χ2n) is 7.42. The molecule has 3 rings (SSSR count). The SMILES string of the molecule is CCN1CCN(C(=O)CN2CCN(c3ccc(C(C)C)cc3)C2=O)CC1. The summed E-state index contributed by atoms with van der Waals surface area (Å²) in [5, 5.41) is 0. The van der Waals surface area contributed by atoms with Crippen molar-refractivity contribution in [1.29, 1.82) is 0 Å². The summed E-state index contributed by atoms with van der Waals surface area (Å²) in [4.78, 5) is 32.9. The van der Waals surface area contributed by atoms with Crippen molar-refractivity contribution in [3.05, 3.63) is 29.8 Å². The second-order valence-corrected chi connectivity index (χ2v) is 7.42. The Morgan fingerprint density at radius 3 is 2.23 bits per heavy atom. The summed E-state index contributed by atoms with van der Waals surface area (Å²) in [6.45, 7) is 12.3. The summed E-state index contributed by atoms with van der Waals surface area (Å²) in [6.07, 6.45) is 0. The minimum Gasteiger partial charge on any atom is -0.339 e. The van der Waals surface area contributed by atoms with E-state index in [1.54, 1.807) is 9.80 Å². The molecule has 1 aromatic carbocycles. The first-order valence-electron chi connectivity index (χ1n) is 9.66. The molecule has 0 aromatic heterocycles. The van der Waals surface area contributed by atoms with Crippen molar-refractivity contribution in [2.24, 2.45) is 0 Å². The van der Waals surface area contributed by atoms with Crippen molar-refractivity contribution in [3.8, 4) is 0 Å². The number of rotatable bonds is 5. The highest BCUT2D eigenvalue weighted by molar-refractivity contribution is 5.96. The van der Waals surface area contributed by atoms with Gasteiger partial charge in [0, 0.05) is 45.0 Å². The van der Waals surface area contributed by atoms with Crippen molar-refractivity contribution in [1.82, 2.24) is 14.7 Å². The van der Waals surface area contributed by atoms with Gasteiger partial charge >= 0.3 is 6.03 Å². The van der Waals surface area contributed by atoms with Crippen molar-refractivity contribution in [2.75, 3.05) is 57.3 Å². The molecule has 26 heavy (non-hydrogen) atoms. The van der Waals surface area contributed by atoms with Crippen LogP contribution in [0.3, 0.4) is 0 Å². The molecule has 0 atom stereocenters. The van der Waals surface area contributed by atoms with E-state index in [-0.39, 0.29) is 18.5 Å². The van der Waals surface area contributed by atoms with Crippen LogP contribution in [-0.4, -0.2) is 79.0 Å². The van der Waals surface area contributed by atoms with E-state index in [1.165, 1.54) is 5.56 Å². The van der Waals surface area contributed by atoms with Crippen LogP contribution in [0.25, 0.3) is 0 Å². The first-order chi connectivity index (χ1) is 12.5. The molecule has 2 aliphatic heterocycles. The maximum absolute atomic E-state index is 12.7. The standard InChI is InChI=1S/C20H30N4O2/c1-4-21-9-11-22(12-10-21)19(25)15-23-13-14-24(20(23)26)18-7-5-17(6-8-18)16(2)3/h5-8,16H,4,9-15H2,1-3H3. The number of hydrogen-bond donors (Lipinski definition) is 0. The third kappa shape index (κ3) is 4.01. The molecule has 0 saturated carbocycles. The molecule has 6 heteroatoms. The Labute approximate surface area is 156 Å². The number of urea groups is 1. The van der Waals surface area contributed by atoms with E-state index in [4.69, 9.17) is 0 Å². The van der Waals surface area contributed by atoms with Crippen molar-refractivity contribution in [2.45, 2.75) is 26.7 Å². The molecule has 0 bridgehead atoms. The molecule has 0 aliphatic carbocycles. The molecule has 0 N–H and O–H groups in total. The molecule has 2 aliphatic rings. The maximum atomic E-state index is 12.7. The van der Waals surface area contributed by atoms with Gasteiger partial charge in [-0.3, -0.25) is 9.69 Å². The lowest BCUT2D eigenvalue weighted by Gasteiger charge is -2.34. The highest BCUT2D eigenvalue weighted by atomic mass is 16.2. The van der Waals surface area contributed by atoms with E-state index in [1.807, 2.05) is 17.0 Å². The predicted molar refractivity (Wildman–Crippen MR) is 104 cm³/mol. The van der Waals surface area contributed by atoms with E-state index < -0.39 is 0 Å². The molecule has 3 amide bonds. The summed E-state index contributed by atoms with van der Waals surface area (Å²) in [6, 6.07) is 8.09. The van der Waals surface area contributed by atoms with Crippen molar-refractivity contribution in [3.63, 3.8) is 0 Å². The Morgan fingerprint density at radius 2 is 1.65 bits per heavy atom. The van der Waals surface area contributed by atoms with E-state index >= 15 is 0 Å². The van der Waals surface area contributed by atoms with Gasteiger partial charge in [-0.2, -0.15) is 0 Å². The number of amides is 3. The average molecular weight is 358 g/mol. The topological polar surface area (TPSA) is 47.1 Å².